The number of halogens is 1. The molecule has 0 saturated carbocycles. The molecule has 0 fully saturated rings. The van der Waals surface area contributed by atoms with Gasteiger partial charge in [0.25, 0.3) is 11.8 Å². The van der Waals surface area contributed by atoms with Gasteiger partial charge in [-0.2, -0.15) is 0 Å². The second-order valence-corrected chi connectivity index (χ2v) is 7.05. The molecule has 0 radical (unpaired) electrons. The van der Waals surface area contributed by atoms with Crippen LogP contribution in [0.25, 0.3) is 5.57 Å². The molecule has 0 spiro atoms. The number of methoxy groups -OCH3 is 1. The Hall–Kier alpha value is -2.79. The fourth-order valence-electron chi connectivity index (χ4n) is 3.10. The van der Waals surface area contributed by atoms with E-state index >= 15 is 0 Å². The third kappa shape index (κ3) is 3.43. The Morgan fingerprint density at radius 1 is 1.07 bits per heavy atom. The molecule has 0 saturated heterocycles. The molecule has 2 aromatic carbocycles. The number of amides is 2. The minimum Gasteiger partial charge on any atom is -0.496 e. The van der Waals surface area contributed by atoms with Crippen LogP contribution in [0.1, 0.15) is 25.0 Å². The fraction of sp³-hybridized carbons (Fsp3) is 0.238. The maximum absolute atomic E-state index is 13.1. The van der Waals surface area contributed by atoms with E-state index in [0.29, 0.717) is 27.6 Å². The summed E-state index contributed by atoms with van der Waals surface area (Å²) in [7, 11) is 1.54. The fourth-order valence-corrected chi connectivity index (χ4v) is 3.27. The molecule has 2 aromatic rings. The Kier molecular flexibility index (Phi) is 5.24. The van der Waals surface area contributed by atoms with Gasteiger partial charge in [0.2, 0.25) is 0 Å². The lowest BCUT2D eigenvalue weighted by molar-refractivity contribution is -0.138. The van der Waals surface area contributed by atoms with Gasteiger partial charge in [0.1, 0.15) is 11.4 Å². The van der Waals surface area contributed by atoms with Crippen LogP contribution in [-0.2, 0) is 9.59 Å². The van der Waals surface area contributed by atoms with E-state index in [4.69, 9.17) is 16.3 Å². The van der Waals surface area contributed by atoms with Crippen molar-refractivity contribution in [3.05, 3.63) is 64.3 Å². The van der Waals surface area contributed by atoms with Gasteiger partial charge in [0, 0.05) is 22.3 Å². The number of anilines is 1. The van der Waals surface area contributed by atoms with E-state index in [-0.39, 0.29) is 23.6 Å². The van der Waals surface area contributed by atoms with Crippen molar-refractivity contribution in [1.82, 2.24) is 4.90 Å². The van der Waals surface area contributed by atoms with E-state index in [0.717, 1.165) is 5.56 Å². The van der Waals surface area contributed by atoms with Crippen LogP contribution in [-0.4, -0.2) is 29.9 Å². The highest BCUT2D eigenvalue weighted by Gasteiger charge is 2.41. The molecule has 2 amide bonds. The van der Waals surface area contributed by atoms with Gasteiger partial charge in [-0.25, -0.2) is 0 Å². The molecule has 0 bridgehead atoms. The predicted octanol–water partition coefficient (Wildman–Crippen LogP) is 4.26. The van der Waals surface area contributed by atoms with Crippen LogP contribution >= 0.6 is 11.6 Å². The number of carbonyl (C=O) groups excluding carboxylic acids is 2. The van der Waals surface area contributed by atoms with Crippen molar-refractivity contribution in [2.75, 3.05) is 12.4 Å². The number of hydrogen-bond donors (Lipinski definition) is 1. The maximum Gasteiger partial charge on any atom is 0.278 e. The van der Waals surface area contributed by atoms with Crippen LogP contribution in [0.4, 0.5) is 5.69 Å². The molecule has 27 heavy (non-hydrogen) atoms. The summed E-state index contributed by atoms with van der Waals surface area (Å²) in [5.74, 6) is -0.182. The van der Waals surface area contributed by atoms with Gasteiger partial charge in [-0.1, -0.05) is 35.9 Å². The van der Waals surface area contributed by atoms with Gasteiger partial charge < -0.3 is 10.1 Å². The molecular formula is C21H21ClN2O3. The Morgan fingerprint density at radius 3 is 2.44 bits per heavy atom. The lowest BCUT2D eigenvalue weighted by Crippen LogP contribution is -2.38. The van der Waals surface area contributed by atoms with Crippen LogP contribution in [0, 0.1) is 6.92 Å². The van der Waals surface area contributed by atoms with Crippen molar-refractivity contribution in [3.8, 4) is 5.75 Å². The van der Waals surface area contributed by atoms with Crippen LogP contribution in [0.5, 0.6) is 5.75 Å². The number of nitrogens with one attached hydrogen (secondary N) is 1. The van der Waals surface area contributed by atoms with Gasteiger partial charge >= 0.3 is 0 Å². The SMILES string of the molecule is COc1ccccc1C1=C(Nc2cc(Cl)ccc2C)C(=O)N(C(C)C)C1=O. The summed E-state index contributed by atoms with van der Waals surface area (Å²) in [6, 6.07) is 12.3. The molecular weight excluding hydrogens is 364 g/mol. The number of ether oxygens (including phenoxy) is 1. The van der Waals surface area contributed by atoms with Crippen LogP contribution in [0.2, 0.25) is 5.02 Å². The second kappa shape index (κ2) is 7.45. The van der Waals surface area contributed by atoms with Gasteiger partial charge in [-0.05, 0) is 44.5 Å². The van der Waals surface area contributed by atoms with Crippen LogP contribution in [0.15, 0.2) is 48.2 Å². The molecule has 0 unspecified atom stereocenters. The molecule has 1 aliphatic rings. The number of carbonyl (C=O) groups is 2. The zero-order valence-corrected chi connectivity index (χ0v) is 16.4. The second-order valence-electron chi connectivity index (χ2n) is 6.61. The number of aryl methyl sites for hydroxylation is 1. The molecule has 5 nitrogen and oxygen atoms in total. The summed E-state index contributed by atoms with van der Waals surface area (Å²) < 4.78 is 5.41. The molecule has 1 heterocycles. The van der Waals surface area contributed by atoms with E-state index in [1.165, 1.54) is 12.0 Å². The highest BCUT2D eigenvalue weighted by Crippen LogP contribution is 2.36. The monoisotopic (exact) mass is 384 g/mol. The van der Waals surface area contributed by atoms with Crippen LogP contribution < -0.4 is 10.1 Å². The van der Waals surface area contributed by atoms with Crippen molar-refractivity contribution in [2.24, 2.45) is 0 Å². The highest BCUT2D eigenvalue weighted by molar-refractivity contribution is 6.37. The summed E-state index contributed by atoms with van der Waals surface area (Å²) >= 11 is 6.11. The summed E-state index contributed by atoms with van der Waals surface area (Å²) in [4.78, 5) is 27.4. The first-order chi connectivity index (χ1) is 12.8. The average molecular weight is 385 g/mol. The normalized spacial score (nSPS) is 14.4. The molecule has 3 rings (SSSR count). The van der Waals surface area contributed by atoms with E-state index in [9.17, 15) is 9.59 Å². The number of imide groups is 1. The van der Waals surface area contributed by atoms with E-state index < -0.39 is 0 Å². The molecule has 0 aromatic heterocycles. The zero-order valence-electron chi connectivity index (χ0n) is 15.7. The predicted molar refractivity (Wildman–Crippen MR) is 107 cm³/mol. The zero-order chi connectivity index (χ0) is 19.7. The largest absolute Gasteiger partial charge is 0.496 e. The van der Waals surface area contributed by atoms with E-state index in [1.807, 2.05) is 39.0 Å². The Morgan fingerprint density at radius 2 is 1.78 bits per heavy atom. The number of benzene rings is 2. The number of hydrogen-bond acceptors (Lipinski definition) is 4. The van der Waals surface area contributed by atoms with Gasteiger partial charge in [-0.15, -0.1) is 0 Å². The van der Waals surface area contributed by atoms with E-state index in [1.54, 1.807) is 24.3 Å². The maximum atomic E-state index is 13.1. The van der Waals surface area contributed by atoms with Gasteiger partial charge in [0.15, 0.2) is 0 Å². The van der Waals surface area contributed by atoms with Gasteiger partial charge in [0.05, 0.1) is 12.7 Å². The number of rotatable bonds is 5. The standard InChI is InChI=1S/C21H21ClN2O3/c1-12(2)24-20(25)18(15-7-5-6-8-17(15)27-4)19(21(24)26)23-16-11-14(22)10-9-13(16)3/h5-12,23H,1-4H3. The molecule has 0 aliphatic carbocycles. The first kappa shape index (κ1) is 19.0. The number of nitrogens with zero attached hydrogens (tertiary/aromatic N) is 1. The Bertz CT molecular complexity index is 950. The van der Waals surface area contributed by atoms with Crippen LogP contribution in [0.3, 0.4) is 0 Å². The summed E-state index contributed by atoms with van der Waals surface area (Å²) in [6.45, 7) is 5.52. The lowest BCUT2D eigenvalue weighted by atomic mass is 10.0. The average Bonchev–Trinajstić information content (AvgIpc) is 2.88. The van der Waals surface area contributed by atoms with Crippen molar-refractivity contribution in [1.29, 1.82) is 0 Å². The Labute approximate surface area is 163 Å². The Balaban J connectivity index is 2.19. The van der Waals surface area contributed by atoms with Crippen molar-refractivity contribution in [2.45, 2.75) is 26.8 Å². The minimum atomic E-state index is -0.365. The third-order valence-electron chi connectivity index (χ3n) is 4.47. The lowest BCUT2D eigenvalue weighted by Gasteiger charge is -2.19. The molecule has 6 heteroatoms. The summed E-state index contributed by atoms with van der Waals surface area (Å²) in [6.07, 6.45) is 0. The third-order valence-corrected chi connectivity index (χ3v) is 4.70. The van der Waals surface area contributed by atoms with Crippen molar-refractivity contribution in [3.63, 3.8) is 0 Å². The first-order valence-corrected chi connectivity index (χ1v) is 9.01. The quantitative estimate of drug-likeness (QED) is 0.782. The van der Waals surface area contributed by atoms with Crippen molar-refractivity contribution < 1.29 is 14.3 Å². The van der Waals surface area contributed by atoms with E-state index in [2.05, 4.69) is 5.32 Å². The minimum absolute atomic E-state index is 0.226. The molecule has 0 atom stereocenters. The molecule has 1 N–H and O–H groups in total. The smallest absolute Gasteiger partial charge is 0.278 e. The topological polar surface area (TPSA) is 58.6 Å². The highest BCUT2D eigenvalue weighted by atomic mass is 35.5. The number of para-hydroxylation sites is 1. The summed E-state index contributed by atoms with van der Waals surface area (Å²) in [5.41, 5.74) is 2.68. The first-order valence-electron chi connectivity index (χ1n) is 8.64. The summed E-state index contributed by atoms with van der Waals surface area (Å²) in [5, 5.41) is 3.68. The molecule has 1 aliphatic heterocycles. The van der Waals surface area contributed by atoms with Crippen molar-refractivity contribution >= 4 is 34.7 Å². The molecule has 140 valence electrons. The van der Waals surface area contributed by atoms with Gasteiger partial charge in [-0.3, -0.25) is 14.5 Å².